The van der Waals surface area contributed by atoms with E-state index in [0.717, 1.165) is 31.7 Å². The lowest BCUT2D eigenvalue weighted by Gasteiger charge is -2.37. The summed E-state index contributed by atoms with van der Waals surface area (Å²) in [6.07, 6.45) is 0. The smallest absolute Gasteiger partial charge is 0.244 e. The van der Waals surface area contributed by atoms with Crippen LogP contribution in [0.5, 0.6) is 11.5 Å². The van der Waals surface area contributed by atoms with E-state index in [0.29, 0.717) is 31.2 Å². The molecule has 1 aliphatic heterocycles. The number of rotatable bonds is 8. The summed E-state index contributed by atoms with van der Waals surface area (Å²) < 4.78 is 11.1. The molecule has 1 saturated heterocycles. The van der Waals surface area contributed by atoms with Crippen LogP contribution in [0.4, 0.5) is 0 Å². The van der Waals surface area contributed by atoms with Gasteiger partial charge >= 0.3 is 0 Å². The van der Waals surface area contributed by atoms with Crippen LogP contribution in [0.3, 0.4) is 0 Å². The average molecular weight is 349 g/mol. The predicted molar refractivity (Wildman–Crippen MR) is 99.3 cm³/mol. The van der Waals surface area contributed by atoms with Crippen molar-refractivity contribution in [3.63, 3.8) is 0 Å². The topological polar surface area (TPSA) is 54.0 Å². The molecule has 0 bridgehead atoms. The van der Waals surface area contributed by atoms with Crippen molar-refractivity contribution in [2.45, 2.75) is 26.8 Å². The minimum absolute atomic E-state index is 0.151. The van der Waals surface area contributed by atoms with Gasteiger partial charge in [0.1, 0.15) is 6.04 Å². The number of hydrogen-bond acceptors (Lipinski definition) is 5. The van der Waals surface area contributed by atoms with Gasteiger partial charge in [0.15, 0.2) is 11.5 Å². The minimum Gasteiger partial charge on any atom is -0.493 e. The molecule has 1 aromatic carbocycles. The molecule has 6 nitrogen and oxygen atoms in total. The Morgan fingerprint density at radius 1 is 1.20 bits per heavy atom. The van der Waals surface area contributed by atoms with Gasteiger partial charge in [-0.15, -0.1) is 0 Å². The molecule has 1 aliphatic rings. The average Bonchev–Trinajstić information content (AvgIpc) is 2.65. The maximum absolute atomic E-state index is 13.2. The number of hydrogen-bond donors (Lipinski definition) is 1. The molecule has 0 saturated carbocycles. The lowest BCUT2D eigenvalue weighted by atomic mass is 10.0. The Morgan fingerprint density at radius 2 is 1.88 bits per heavy atom. The molecule has 1 unspecified atom stereocenters. The predicted octanol–water partition coefficient (Wildman–Crippen LogP) is 1.91. The molecule has 1 N–H and O–H groups in total. The van der Waals surface area contributed by atoms with Gasteiger partial charge in [0.05, 0.1) is 13.7 Å². The van der Waals surface area contributed by atoms with Crippen LogP contribution in [-0.2, 0) is 4.79 Å². The van der Waals surface area contributed by atoms with Crippen molar-refractivity contribution in [3.05, 3.63) is 23.8 Å². The van der Waals surface area contributed by atoms with Crippen LogP contribution in [0.15, 0.2) is 18.2 Å². The van der Waals surface area contributed by atoms with E-state index in [1.165, 1.54) is 0 Å². The zero-order valence-electron chi connectivity index (χ0n) is 15.9. The highest BCUT2D eigenvalue weighted by Gasteiger charge is 2.31. The molecule has 2 rings (SSSR count). The first kappa shape index (κ1) is 19.5. The third-order valence-electron chi connectivity index (χ3n) is 4.63. The van der Waals surface area contributed by atoms with Gasteiger partial charge in [-0.25, -0.2) is 0 Å². The normalized spacial score (nSPS) is 16.3. The second-order valence-corrected chi connectivity index (χ2v) is 6.04. The summed E-state index contributed by atoms with van der Waals surface area (Å²) in [6.45, 7) is 11.5. The van der Waals surface area contributed by atoms with E-state index >= 15 is 0 Å². The van der Waals surface area contributed by atoms with Gasteiger partial charge < -0.3 is 19.7 Å². The second-order valence-electron chi connectivity index (χ2n) is 6.04. The molecular formula is C19H31N3O3. The molecule has 6 heteroatoms. The van der Waals surface area contributed by atoms with Crippen LogP contribution in [0, 0.1) is 0 Å². The number of likely N-dealkylation sites (N-methyl/N-ethyl adjacent to an activating group) is 1. The van der Waals surface area contributed by atoms with E-state index in [9.17, 15) is 4.79 Å². The largest absolute Gasteiger partial charge is 0.493 e. The number of nitrogens with one attached hydrogen (secondary N) is 1. The van der Waals surface area contributed by atoms with Crippen molar-refractivity contribution in [1.29, 1.82) is 0 Å². The minimum atomic E-state index is -0.286. The van der Waals surface area contributed by atoms with Crippen LogP contribution in [0.2, 0.25) is 0 Å². The van der Waals surface area contributed by atoms with Gasteiger partial charge in [0, 0.05) is 39.3 Å². The van der Waals surface area contributed by atoms with Crippen LogP contribution in [-0.4, -0.2) is 68.7 Å². The summed E-state index contributed by atoms with van der Waals surface area (Å²) in [5, 5.41) is 3.35. The Labute approximate surface area is 151 Å². The third kappa shape index (κ3) is 4.64. The number of methoxy groups -OCH3 is 1. The first-order chi connectivity index (χ1) is 12.2. The Morgan fingerprint density at radius 3 is 2.44 bits per heavy atom. The van der Waals surface area contributed by atoms with Gasteiger partial charge in [-0.3, -0.25) is 9.69 Å². The number of benzene rings is 1. The lowest BCUT2D eigenvalue weighted by Crippen LogP contribution is -2.50. The molecule has 0 aliphatic carbocycles. The molecule has 0 aromatic heterocycles. The molecule has 1 aromatic rings. The fourth-order valence-corrected chi connectivity index (χ4v) is 3.29. The molecule has 1 amide bonds. The van der Waals surface area contributed by atoms with Crippen LogP contribution in [0.25, 0.3) is 0 Å². The van der Waals surface area contributed by atoms with E-state index in [1.807, 2.05) is 43.9 Å². The summed E-state index contributed by atoms with van der Waals surface area (Å²) in [4.78, 5) is 17.4. The molecule has 1 atom stereocenters. The van der Waals surface area contributed by atoms with Crippen molar-refractivity contribution in [1.82, 2.24) is 15.1 Å². The van der Waals surface area contributed by atoms with Crippen LogP contribution >= 0.6 is 0 Å². The molecule has 25 heavy (non-hydrogen) atoms. The van der Waals surface area contributed by atoms with Crippen molar-refractivity contribution < 1.29 is 14.3 Å². The second kappa shape index (κ2) is 9.63. The number of nitrogens with zero attached hydrogens (tertiary/aromatic N) is 2. The fraction of sp³-hybridized carbons (Fsp3) is 0.632. The highest BCUT2D eigenvalue weighted by molar-refractivity contribution is 5.83. The Kier molecular flexibility index (Phi) is 7.52. The molecule has 1 heterocycles. The van der Waals surface area contributed by atoms with Crippen LogP contribution < -0.4 is 14.8 Å². The first-order valence-corrected chi connectivity index (χ1v) is 9.20. The van der Waals surface area contributed by atoms with E-state index in [-0.39, 0.29) is 11.9 Å². The SMILES string of the molecule is CCOc1ccc(C(C(=O)N(CC)CC)N2CCNCC2)cc1OC. The quantitative estimate of drug-likeness (QED) is 0.777. The highest BCUT2D eigenvalue weighted by Crippen LogP contribution is 2.33. The van der Waals surface area contributed by atoms with Gasteiger partial charge in [0.25, 0.3) is 0 Å². The van der Waals surface area contributed by atoms with E-state index in [2.05, 4.69) is 10.2 Å². The fourth-order valence-electron chi connectivity index (χ4n) is 3.29. The van der Waals surface area contributed by atoms with Crippen molar-refractivity contribution in [3.8, 4) is 11.5 Å². The van der Waals surface area contributed by atoms with Gasteiger partial charge in [-0.05, 0) is 38.5 Å². The summed E-state index contributed by atoms with van der Waals surface area (Å²) in [6, 6.07) is 5.55. The number of carbonyl (C=O) groups excluding carboxylic acids is 1. The molecular weight excluding hydrogens is 318 g/mol. The van der Waals surface area contributed by atoms with Gasteiger partial charge in [-0.1, -0.05) is 6.07 Å². The molecule has 1 fully saturated rings. The number of amides is 1. The summed E-state index contributed by atoms with van der Waals surface area (Å²) in [5.41, 5.74) is 0.958. The molecule has 140 valence electrons. The highest BCUT2D eigenvalue weighted by atomic mass is 16.5. The molecule has 0 spiro atoms. The Bertz CT molecular complexity index is 555. The monoisotopic (exact) mass is 349 g/mol. The van der Waals surface area contributed by atoms with E-state index < -0.39 is 0 Å². The zero-order chi connectivity index (χ0) is 18.2. The Balaban J connectivity index is 2.38. The first-order valence-electron chi connectivity index (χ1n) is 9.20. The van der Waals surface area contributed by atoms with Crippen molar-refractivity contribution >= 4 is 5.91 Å². The van der Waals surface area contributed by atoms with Crippen molar-refractivity contribution in [2.24, 2.45) is 0 Å². The summed E-state index contributed by atoms with van der Waals surface area (Å²) in [5.74, 6) is 1.54. The number of carbonyl (C=O) groups is 1. The number of piperazine rings is 1. The van der Waals surface area contributed by atoms with Gasteiger partial charge in [0.2, 0.25) is 5.91 Å². The maximum atomic E-state index is 13.2. The third-order valence-corrected chi connectivity index (χ3v) is 4.63. The Hall–Kier alpha value is -1.79. The maximum Gasteiger partial charge on any atom is 0.244 e. The zero-order valence-corrected chi connectivity index (χ0v) is 15.9. The number of ether oxygens (including phenoxy) is 2. The molecule has 0 radical (unpaired) electrons. The lowest BCUT2D eigenvalue weighted by molar-refractivity contribution is -0.137. The summed E-state index contributed by atoms with van der Waals surface area (Å²) in [7, 11) is 1.63. The van der Waals surface area contributed by atoms with E-state index in [4.69, 9.17) is 9.47 Å². The van der Waals surface area contributed by atoms with Gasteiger partial charge in [-0.2, -0.15) is 0 Å². The van der Waals surface area contributed by atoms with Crippen molar-refractivity contribution in [2.75, 3.05) is 53.0 Å². The van der Waals surface area contributed by atoms with Crippen LogP contribution in [0.1, 0.15) is 32.4 Å². The van der Waals surface area contributed by atoms with E-state index in [1.54, 1.807) is 7.11 Å². The standard InChI is InChI=1S/C19H31N3O3/c1-5-21(6-2)19(23)18(22-12-10-20-11-13-22)15-8-9-16(25-7-3)17(14-15)24-4/h8-9,14,18,20H,5-7,10-13H2,1-4H3. The summed E-state index contributed by atoms with van der Waals surface area (Å²) >= 11 is 0.